The molecular weight excluding hydrogens is 560 g/mol. The van der Waals surface area contributed by atoms with Crippen molar-refractivity contribution in [2.24, 2.45) is 5.92 Å². The highest BCUT2D eigenvalue weighted by molar-refractivity contribution is 7.16. The van der Waals surface area contributed by atoms with E-state index in [-0.39, 0.29) is 11.9 Å². The fourth-order valence-electron chi connectivity index (χ4n) is 6.06. The normalized spacial score (nSPS) is 17.0. The maximum atomic E-state index is 14.1. The van der Waals surface area contributed by atoms with Crippen molar-refractivity contribution in [3.8, 4) is 11.5 Å². The first-order valence-electron chi connectivity index (χ1n) is 14.4. The summed E-state index contributed by atoms with van der Waals surface area (Å²) in [7, 11) is 3.28. The highest BCUT2D eigenvalue weighted by Crippen LogP contribution is 2.36. The number of fused-ring (bicyclic) bond motifs is 4. The molecule has 1 amide bonds. The van der Waals surface area contributed by atoms with Crippen LogP contribution in [-0.2, 0) is 6.54 Å². The van der Waals surface area contributed by atoms with Crippen LogP contribution in [-0.4, -0.2) is 50.9 Å². The number of benzene rings is 3. The SMILES string of the molecule is COc1ccc(CNc2nc3ccc(C(=O)N4CC(C)CCC4c4ccc5scnc5c4)cc3n3cncc23)c(OC)c1. The standard InChI is InChI=1S/C33H32N6O3S/c1-20-4-10-27(21-7-11-31-26(12-21)36-19-43-31)38(17-20)33(40)22-6-9-25-28(13-22)39-18-34-16-29(39)32(37-25)35-15-23-5-8-24(41-2)14-30(23)42-3/h5-9,11-14,16,18-20,27H,4,10,15,17H2,1-3H3,(H,35,37). The van der Waals surface area contributed by atoms with Crippen molar-refractivity contribution >= 4 is 49.8 Å². The van der Waals surface area contributed by atoms with Gasteiger partial charge in [-0.3, -0.25) is 9.20 Å². The summed E-state index contributed by atoms with van der Waals surface area (Å²) in [6.45, 7) is 3.44. The van der Waals surface area contributed by atoms with Crippen molar-refractivity contribution in [1.82, 2.24) is 24.3 Å². The van der Waals surface area contributed by atoms with Crippen molar-refractivity contribution in [2.75, 3.05) is 26.1 Å². The molecule has 3 aromatic heterocycles. The Hall–Kier alpha value is -4.70. The van der Waals surface area contributed by atoms with Crippen LogP contribution in [0.4, 0.5) is 5.82 Å². The van der Waals surface area contributed by atoms with Crippen LogP contribution in [0, 0.1) is 5.92 Å². The van der Waals surface area contributed by atoms with Gasteiger partial charge in [-0.25, -0.2) is 15.0 Å². The molecule has 0 aliphatic carbocycles. The van der Waals surface area contributed by atoms with E-state index >= 15 is 0 Å². The summed E-state index contributed by atoms with van der Waals surface area (Å²) < 4.78 is 14.0. The zero-order valence-electron chi connectivity index (χ0n) is 24.3. The molecule has 0 saturated carbocycles. The Morgan fingerprint density at radius 3 is 2.79 bits per heavy atom. The molecule has 1 saturated heterocycles. The maximum Gasteiger partial charge on any atom is 0.254 e. The topological polar surface area (TPSA) is 93.9 Å². The highest BCUT2D eigenvalue weighted by atomic mass is 32.1. The lowest BCUT2D eigenvalue weighted by Gasteiger charge is -2.39. The first-order valence-corrected chi connectivity index (χ1v) is 15.2. The third kappa shape index (κ3) is 5.01. The van der Waals surface area contributed by atoms with Crippen molar-refractivity contribution in [3.05, 3.63) is 89.3 Å². The lowest BCUT2D eigenvalue weighted by atomic mass is 9.89. The predicted octanol–water partition coefficient (Wildman–Crippen LogP) is 6.73. The molecule has 1 fully saturated rings. The number of carbonyl (C=O) groups excluding carboxylic acids is 1. The zero-order chi connectivity index (χ0) is 29.5. The number of anilines is 1. The van der Waals surface area contributed by atoms with Crippen molar-refractivity contribution in [3.63, 3.8) is 0 Å². The molecule has 1 N–H and O–H groups in total. The molecule has 7 rings (SSSR count). The van der Waals surface area contributed by atoms with Gasteiger partial charge in [0.1, 0.15) is 17.0 Å². The average molecular weight is 593 g/mol. The summed E-state index contributed by atoms with van der Waals surface area (Å²) in [5.74, 6) is 2.63. The van der Waals surface area contributed by atoms with Gasteiger partial charge in [0.15, 0.2) is 5.82 Å². The first-order chi connectivity index (χ1) is 21.0. The number of imidazole rings is 1. The van der Waals surface area contributed by atoms with Crippen LogP contribution in [0.5, 0.6) is 11.5 Å². The molecule has 0 spiro atoms. The summed E-state index contributed by atoms with van der Waals surface area (Å²) in [4.78, 5) is 30.0. The number of carbonyl (C=O) groups is 1. The van der Waals surface area contributed by atoms with Gasteiger partial charge >= 0.3 is 0 Å². The number of thiazole rings is 1. The van der Waals surface area contributed by atoms with Crippen molar-refractivity contribution < 1.29 is 14.3 Å². The number of rotatable bonds is 7. The van der Waals surface area contributed by atoms with Crippen LogP contribution < -0.4 is 14.8 Å². The van der Waals surface area contributed by atoms with Gasteiger partial charge in [-0.15, -0.1) is 11.3 Å². The molecule has 6 aromatic rings. The number of nitrogens with one attached hydrogen (secondary N) is 1. The van der Waals surface area contributed by atoms with Gasteiger partial charge in [0.2, 0.25) is 0 Å². The smallest absolute Gasteiger partial charge is 0.254 e. The molecule has 1 aliphatic heterocycles. The molecule has 3 aromatic carbocycles. The minimum Gasteiger partial charge on any atom is -0.497 e. The van der Waals surface area contributed by atoms with Crippen molar-refractivity contribution in [1.29, 1.82) is 0 Å². The fourth-order valence-corrected chi connectivity index (χ4v) is 6.72. The second-order valence-corrected chi connectivity index (χ2v) is 12.0. The van der Waals surface area contributed by atoms with Crippen LogP contribution in [0.3, 0.4) is 0 Å². The van der Waals surface area contributed by atoms with Crippen LogP contribution >= 0.6 is 11.3 Å². The van der Waals surface area contributed by atoms with E-state index in [1.165, 1.54) is 0 Å². The average Bonchev–Trinajstić information content (AvgIpc) is 3.73. The van der Waals surface area contributed by atoms with Crippen molar-refractivity contribution in [2.45, 2.75) is 32.4 Å². The third-order valence-corrected chi connectivity index (χ3v) is 9.16. The maximum absolute atomic E-state index is 14.1. The Balaban J connectivity index is 1.20. The largest absolute Gasteiger partial charge is 0.497 e. The minimum absolute atomic E-state index is 0.0124. The van der Waals surface area contributed by atoms with E-state index in [0.29, 0.717) is 30.4 Å². The summed E-state index contributed by atoms with van der Waals surface area (Å²) in [6.07, 6.45) is 5.56. The number of hydrogen-bond acceptors (Lipinski definition) is 8. The van der Waals surface area contributed by atoms with E-state index in [1.807, 2.05) is 51.2 Å². The fraction of sp³-hybridized carbons (Fsp3) is 0.273. The number of hydrogen-bond donors (Lipinski definition) is 1. The molecule has 1 aliphatic rings. The number of piperidine rings is 1. The van der Waals surface area contributed by atoms with Crippen LogP contribution in [0.25, 0.3) is 26.8 Å². The predicted molar refractivity (Wildman–Crippen MR) is 169 cm³/mol. The highest BCUT2D eigenvalue weighted by Gasteiger charge is 2.32. The number of aromatic nitrogens is 4. The number of nitrogens with zero attached hydrogens (tertiary/aromatic N) is 5. The molecule has 10 heteroatoms. The van der Waals surface area contributed by atoms with Gasteiger partial charge in [-0.1, -0.05) is 13.0 Å². The minimum atomic E-state index is 0.0124. The Morgan fingerprint density at radius 2 is 1.93 bits per heavy atom. The van der Waals surface area contributed by atoms with Crippen LogP contribution in [0.2, 0.25) is 0 Å². The second-order valence-electron chi connectivity index (χ2n) is 11.1. The molecule has 2 atom stereocenters. The summed E-state index contributed by atoms with van der Waals surface area (Å²) in [5, 5.41) is 3.45. The molecular formula is C33H32N6O3S. The quantitative estimate of drug-likeness (QED) is 0.220. The van der Waals surface area contributed by atoms with E-state index in [2.05, 4.69) is 40.4 Å². The van der Waals surface area contributed by atoms with E-state index in [9.17, 15) is 4.79 Å². The van der Waals surface area contributed by atoms with Crippen LogP contribution in [0.15, 0.2) is 72.6 Å². The molecule has 2 unspecified atom stereocenters. The molecule has 4 heterocycles. The van der Waals surface area contributed by atoms with Gasteiger partial charge < -0.3 is 19.7 Å². The summed E-state index contributed by atoms with van der Waals surface area (Å²) in [5.41, 5.74) is 8.04. The lowest BCUT2D eigenvalue weighted by molar-refractivity contribution is 0.0545. The molecule has 43 heavy (non-hydrogen) atoms. The van der Waals surface area contributed by atoms with Gasteiger partial charge in [0.05, 0.1) is 59.5 Å². The second kappa shape index (κ2) is 11.2. The number of ether oxygens (including phenoxy) is 2. The Labute approximate surface area is 253 Å². The molecule has 218 valence electrons. The Bertz CT molecular complexity index is 1970. The Kier molecular flexibility index (Phi) is 7.06. The molecule has 9 nitrogen and oxygen atoms in total. The van der Waals surface area contributed by atoms with E-state index in [0.717, 1.165) is 62.2 Å². The van der Waals surface area contributed by atoms with Crippen LogP contribution in [0.1, 0.15) is 47.3 Å². The molecule has 0 bridgehead atoms. The number of methoxy groups -OCH3 is 2. The van der Waals surface area contributed by atoms with Gasteiger partial charge in [0.25, 0.3) is 5.91 Å². The van der Waals surface area contributed by atoms with E-state index in [4.69, 9.17) is 14.5 Å². The van der Waals surface area contributed by atoms with Gasteiger partial charge in [-0.05, 0) is 66.8 Å². The monoisotopic (exact) mass is 592 g/mol. The van der Waals surface area contributed by atoms with E-state index in [1.54, 1.807) is 38.1 Å². The number of likely N-dealkylation sites (tertiary alicyclic amines) is 1. The Morgan fingerprint density at radius 1 is 1.02 bits per heavy atom. The number of amides is 1. The van der Waals surface area contributed by atoms with Gasteiger partial charge in [-0.2, -0.15) is 0 Å². The van der Waals surface area contributed by atoms with Gasteiger partial charge in [0, 0.05) is 30.3 Å². The molecule has 0 radical (unpaired) electrons. The van der Waals surface area contributed by atoms with E-state index < -0.39 is 0 Å². The first kappa shape index (κ1) is 27.2. The third-order valence-electron chi connectivity index (χ3n) is 8.35. The lowest BCUT2D eigenvalue weighted by Crippen LogP contribution is -2.41. The summed E-state index contributed by atoms with van der Waals surface area (Å²) >= 11 is 1.64. The summed E-state index contributed by atoms with van der Waals surface area (Å²) in [6, 6.07) is 17.9. The zero-order valence-corrected chi connectivity index (χ0v) is 25.1.